The van der Waals surface area contributed by atoms with E-state index in [9.17, 15) is 4.79 Å². The van der Waals surface area contributed by atoms with Crippen molar-refractivity contribution in [3.63, 3.8) is 0 Å². The zero-order valence-corrected chi connectivity index (χ0v) is 17.7. The molecule has 29 heavy (non-hydrogen) atoms. The lowest BCUT2D eigenvalue weighted by Gasteiger charge is -2.33. The first-order chi connectivity index (χ1) is 14.1. The summed E-state index contributed by atoms with van der Waals surface area (Å²) in [5, 5.41) is 10.7. The van der Waals surface area contributed by atoms with Crippen molar-refractivity contribution in [2.45, 2.75) is 52.4 Å². The molecule has 2 aromatic rings. The highest BCUT2D eigenvalue weighted by molar-refractivity contribution is 6.04. The molecule has 0 radical (unpaired) electrons. The summed E-state index contributed by atoms with van der Waals surface area (Å²) in [4.78, 5) is 19.0. The van der Waals surface area contributed by atoms with Gasteiger partial charge < -0.3 is 16.0 Å². The van der Waals surface area contributed by atoms with Crippen molar-refractivity contribution >= 4 is 28.5 Å². The van der Waals surface area contributed by atoms with Crippen molar-refractivity contribution in [3.05, 3.63) is 24.4 Å². The number of likely N-dealkylation sites (tertiary alicyclic amines) is 1. The molecule has 1 aromatic heterocycles. The number of rotatable bonds is 8. The smallest absolute Gasteiger partial charge is 0.347 e. The molecular weight excluding hydrogens is 364 g/mol. The summed E-state index contributed by atoms with van der Waals surface area (Å²) in [7, 11) is 0. The van der Waals surface area contributed by atoms with Gasteiger partial charge in [0, 0.05) is 17.8 Å². The summed E-state index contributed by atoms with van der Waals surface area (Å²) < 4.78 is 0. The van der Waals surface area contributed by atoms with E-state index in [1.165, 1.54) is 25.7 Å². The number of piperidine rings is 1. The lowest BCUT2D eigenvalue weighted by Crippen LogP contribution is -2.42. The lowest BCUT2D eigenvalue weighted by atomic mass is 9.94. The van der Waals surface area contributed by atoms with Gasteiger partial charge in [0.05, 0.1) is 17.4 Å². The first-order valence-electron chi connectivity index (χ1n) is 10.9. The normalized spacial score (nSPS) is 19.4. The Kier molecular flexibility index (Phi) is 7.63. The SMILES string of the molecule is CCCC(CC)CCN1CCCC(/C(N)=N/C(=O)Nc2cccc3cn[nH]c23)C1. The van der Waals surface area contributed by atoms with Gasteiger partial charge >= 0.3 is 6.03 Å². The van der Waals surface area contributed by atoms with Gasteiger partial charge in [-0.2, -0.15) is 10.1 Å². The van der Waals surface area contributed by atoms with Crippen LogP contribution in [0.1, 0.15) is 52.4 Å². The lowest BCUT2D eigenvalue weighted by molar-refractivity contribution is 0.188. The number of hydrogen-bond acceptors (Lipinski definition) is 3. The largest absolute Gasteiger partial charge is 0.387 e. The molecule has 0 saturated carbocycles. The second-order valence-corrected chi connectivity index (χ2v) is 8.10. The number of fused-ring (bicyclic) bond motifs is 1. The molecule has 2 heterocycles. The van der Waals surface area contributed by atoms with Crippen LogP contribution in [0.3, 0.4) is 0 Å². The number of aromatic amines is 1. The third-order valence-corrected chi connectivity index (χ3v) is 6.00. The number of amidine groups is 1. The Morgan fingerprint density at radius 1 is 1.41 bits per heavy atom. The fourth-order valence-electron chi connectivity index (χ4n) is 4.25. The minimum Gasteiger partial charge on any atom is -0.387 e. The quantitative estimate of drug-likeness (QED) is 0.454. The number of aromatic nitrogens is 2. The van der Waals surface area contributed by atoms with Gasteiger partial charge in [0.2, 0.25) is 0 Å². The van der Waals surface area contributed by atoms with E-state index in [0.29, 0.717) is 11.5 Å². The highest BCUT2D eigenvalue weighted by Gasteiger charge is 2.23. The van der Waals surface area contributed by atoms with Crippen molar-refractivity contribution in [3.8, 4) is 0 Å². The third kappa shape index (κ3) is 5.79. The highest BCUT2D eigenvalue weighted by Crippen LogP contribution is 2.22. The summed E-state index contributed by atoms with van der Waals surface area (Å²) in [6, 6.07) is 5.21. The highest BCUT2D eigenvalue weighted by atomic mass is 16.2. The summed E-state index contributed by atoms with van der Waals surface area (Å²) in [5.74, 6) is 1.38. The second-order valence-electron chi connectivity index (χ2n) is 8.10. The summed E-state index contributed by atoms with van der Waals surface area (Å²) in [6.45, 7) is 7.65. The molecule has 0 bridgehead atoms. The maximum absolute atomic E-state index is 12.4. The topological polar surface area (TPSA) is 99.4 Å². The van der Waals surface area contributed by atoms with Gasteiger partial charge in [-0.25, -0.2) is 4.79 Å². The van der Waals surface area contributed by atoms with Gasteiger partial charge in [-0.1, -0.05) is 45.2 Å². The van der Waals surface area contributed by atoms with Gasteiger partial charge in [-0.05, 0) is 44.3 Å². The number of benzene rings is 1. The van der Waals surface area contributed by atoms with Crippen LogP contribution in [0.25, 0.3) is 10.9 Å². The number of anilines is 1. The first-order valence-corrected chi connectivity index (χ1v) is 10.9. The Labute approximate surface area is 173 Å². The number of nitrogens with one attached hydrogen (secondary N) is 2. The van der Waals surface area contributed by atoms with Gasteiger partial charge in [-0.3, -0.25) is 5.10 Å². The monoisotopic (exact) mass is 398 g/mol. The van der Waals surface area contributed by atoms with E-state index in [0.717, 1.165) is 49.3 Å². The molecule has 1 aliphatic heterocycles. The summed E-state index contributed by atoms with van der Waals surface area (Å²) >= 11 is 0. The number of carbonyl (C=O) groups excluding carboxylic acids is 1. The maximum Gasteiger partial charge on any atom is 0.347 e. The van der Waals surface area contributed by atoms with E-state index in [4.69, 9.17) is 5.73 Å². The van der Waals surface area contributed by atoms with Gasteiger partial charge in [0.15, 0.2) is 0 Å². The van der Waals surface area contributed by atoms with E-state index in [2.05, 4.69) is 39.3 Å². The molecule has 3 rings (SSSR count). The Morgan fingerprint density at radius 3 is 3.07 bits per heavy atom. The number of hydrogen-bond donors (Lipinski definition) is 3. The standard InChI is InChI=1S/C22H34N6O/c1-3-7-16(4-2)11-13-28-12-6-9-18(15-28)21(23)26-22(29)25-19-10-5-8-17-14-24-27-20(17)19/h5,8,10,14,16,18H,3-4,6-7,9,11-13,15H2,1-2H3,(H,24,27)(H3,23,25,26,29). The molecule has 1 aliphatic rings. The molecule has 2 amide bonds. The molecule has 7 nitrogen and oxygen atoms in total. The maximum atomic E-state index is 12.4. The fraction of sp³-hybridized carbons (Fsp3) is 0.591. The number of nitrogens with two attached hydrogens (primary N) is 1. The van der Waals surface area contributed by atoms with Crippen LogP contribution in [0.2, 0.25) is 0 Å². The Balaban J connectivity index is 1.55. The molecule has 1 saturated heterocycles. The number of aliphatic imine (C=N–C) groups is 1. The van der Waals surface area contributed by atoms with E-state index in [-0.39, 0.29) is 5.92 Å². The van der Waals surface area contributed by atoms with Gasteiger partial charge in [0.1, 0.15) is 5.84 Å². The van der Waals surface area contributed by atoms with Crippen LogP contribution in [0.4, 0.5) is 10.5 Å². The minimum atomic E-state index is -0.435. The average Bonchev–Trinajstić information content (AvgIpc) is 3.21. The molecule has 1 aromatic carbocycles. The molecule has 0 spiro atoms. The summed E-state index contributed by atoms with van der Waals surface area (Å²) in [6.07, 6.45) is 8.86. The number of carbonyl (C=O) groups is 1. The third-order valence-electron chi connectivity index (χ3n) is 6.00. The predicted octanol–water partition coefficient (Wildman–Crippen LogP) is 4.38. The zero-order valence-electron chi connectivity index (χ0n) is 17.7. The Morgan fingerprint density at radius 2 is 2.28 bits per heavy atom. The average molecular weight is 399 g/mol. The number of urea groups is 1. The minimum absolute atomic E-state index is 0.142. The molecule has 158 valence electrons. The van der Waals surface area contributed by atoms with E-state index in [1.807, 2.05) is 18.2 Å². The predicted molar refractivity (Wildman–Crippen MR) is 119 cm³/mol. The van der Waals surface area contributed by atoms with Crippen LogP contribution in [-0.2, 0) is 0 Å². The van der Waals surface area contributed by atoms with E-state index >= 15 is 0 Å². The van der Waals surface area contributed by atoms with Crippen molar-refractivity contribution < 1.29 is 4.79 Å². The molecule has 0 aliphatic carbocycles. The Hall–Kier alpha value is -2.41. The Bertz CT molecular complexity index is 830. The number of para-hydroxylation sites is 1. The molecule has 1 fully saturated rings. The van der Waals surface area contributed by atoms with Crippen molar-refractivity contribution in [1.82, 2.24) is 15.1 Å². The summed E-state index contributed by atoms with van der Waals surface area (Å²) in [5.41, 5.74) is 7.68. The second kappa shape index (κ2) is 10.4. The fourth-order valence-corrected chi connectivity index (χ4v) is 4.25. The van der Waals surface area contributed by atoms with E-state index < -0.39 is 6.03 Å². The van der Waals surface area contributed by atoms with Crippen LogP contribution >= 0.6 is 0 Å². The van der Waals surface area contributed by atoms with Gasteiger partial charge in [0.25, 0.3) is 0 Å². The van der Waals surface area contributed by atoms with Crippen LogP contribution in [0.5, 0.6) is 0 Å². The van der Waals surface area contributed by atoms with Crippen molar-refractivity contribution in [2.75, 3.05) is 25.0 Å². The van der Waals surface area contributed by atoms with Crippen LogP contribution in [0, 0.1) is 11.8 Å². The number of nitrogens with zero attached hydrogens (tertiary/aromatic N) is 3. The molecular formula is C22H34N6O. The van der Waals surface area contributed by atoms with Crippen LogP contribution < -0.4 is 11.1 Å². The number of amides is 2. The molecule has 2 atom stereocenters. The zero-order chi connectivity index (χ0) is 20.6. The molecule has 2 unspecified atom stereocenters. The van der Waals surface area contributed by atoms with Gasteiger partial charge in [-0.15, -0.1) is 0 Å². The number of H-pyrrole nitrogens is 1. The first kappa shape index (κ1) is 21.3. The van der Waals surface area contributed by atoms with Crippen LogP contribution in [0.15, 0.2) is 29.4 Å². The van der Waals surface area contributed by atoms with Crippen molar-refractivity contribution in [2.24, 2.45) is 22.6 Å². The molecule has 7 heteroatoms. The molecule has 4 N–H and O–H groups in total. The van der Waals surface area contributed by atoms with Crippen molar-refractivity contribution in [1.29, 1.82) is 0 Å². The van der Waals surface area contributed by atoms with Crippen LogP contribution in [-0.4, -0.2) is 46.6 Å². The van der Waals surface area contributed by atoms with E-state index in [1.54, 1.807) is 6.20 Å².